The first kappa shape index (κ1) is 14.8. The summed E-state index contributed by atoms with van der Waals surface area (Å²) in [6, 6.07) is 5.97. The molecule has 0 fully saturated rings. The molecule has 3 N–H and O–H groups in total. The Morgan fingerprint density at radius 1 is 1.59 bits per heavy atom. The van der Waals surface area contributed by atoms with Crippen LogP contribution >= 0.6 is 34.4 Å². The average Bonchev–Trinajstić information content (AvgIpc) is 2.29. The minimum absolute atomic E-state index is 0.0274. The van der Waals surface area contributed by atoms with Gasteiger partial charge >= 0.3 is 0 Å². The fourth-order valence-corrected chi connectivity index (χ4v) is 2.53. The first-order chi connectivity index (χ1) is 8.02. The van der Waals surface area contributed by atoms with Crippen LogP contribution in [0, 0.1) is 10.5 Å². The molecule has 1 rings (SSSR count). The second-order valence-corrected chi connectivity index (χ2v) is 6.54. The van der Waals surface area contributed by atoms with Crippen LogP contribution < -0.4 is 11.1 Å². The summed E-state index contributed by atoms with van der Waals surface area (Å²) < 4.78 is 1.17. The lowest BCUT2D eigenvalue weighted by molar-refractivity contribution is -0.113. The van der Waals surface area contributed by atoms with E-state index in [1.807, 2.05) is 32.0 Å². The molecule has 1 aromatic rings. The Bertz CT molecular complexity index is 398. The molecule has 1 amide bonds. The molecule has 0 heterocycles. The van der Waals surface area contributed by atoms with E-state index in [0.717, 1.165) is 11.3 Å². The van der Waals surface area contributed by atoms with Gasteiger partial charge in [-0.25, -0.2) is 0 Å². The predicted octanol–water partition coefficient (Wildman–Crippen LogP) is 2.62. The van der Waals surface area contributed by atoms with Gasteiger partial charge in [-0.15, -0.1) is 11.8 Å². The molecule has 3 nitrogen and oxygen atoms in total. The molecular formula is C12H17IN2OS. The molecular weight excluding hydrogens is 347 g/mol. The van der Waals surface area contributed by atoms with Crippen molar-refractivity contribution in [3.63, 3.8) is 0 Å². The maximum atomic E-state index is 11.7. The number of amides is 1. The molecule has 0 aromatic heterocycles. The van der Waals surface area contributed by atoms with Crippen LogP contribution in [0.2, 0.25) is 0 Å². The highest BCUT2D eigenvalue weighted by Gasteiger charge is 2.07. The van der Waals surface area contributed by atoms with Gasteiger partial charge in [-0.1, -0.05) is 6.92 Å². The SMILES string of the molecule is Cc1cc(I)ccc1NC(=O)CSC(C)CN. The molecule has 0 spiro atoms. The number of carbonyl (C=O) groups is 1. The summed E-state index contributed by atoms with van der Waals surface area (Å²) in [5.41, 5.74) is 7.47. The quantitative estimate of drug-likeness (QED) is 0.790. The number of halogens is 1. The van der Waals surface area contributed by atoms with E-state index in [1.54, 1.807) is 11.8 Å². The maximum absolute atomic E-state index is 11.7. The van der Waals surface area contributed by atoms with Gasteiger partial charge in [0.1, 0.15) is 0 Å². The predicted molar refractivity (Wildman–Crippen MR) is 83.5 cm³/mol. The molecule has 0 aliphatic heterocycles. The zero-order valence-electron chi connectivity index (χ0n) is 10.00. The first-order valence-electron chi connectivity index (χ1n) is 5.40. The van der Waals surface area contributed by atoms with Gasteiger partial charge in [-0.2, -0.15) is 0 Å². The van der Waals surface area contributed by atoms with Gasteiger partial charge in [-0.05, 0) is 53.3 Å². The number of thioether (sulfide) groups is 1. The topological polar surface area (TPSA) is 55.1 Å². The highest BCUT2D eigenvalue weighted by Crippen LogP contribution is 2.18. The molecule has 1 aromatic carbocycles. The number of anilines is 1. The van der Waals surface area contributed by atoms with Gasteiger partial charge in [0.05, 0.1) is 5.75 Å². The van der Waals surface area contributed by atoms with Crippen LogP contribution in [-0.4, -0.2) is 23.5 Å². The van der Waals surface area contributed by atoms with E-state index < -0.39 is 0 Å². The number of hydrogen-bond acceptors (Lipinski definition) is 3. The summed E-state index contributed by atoms with van der Waals surface area (Å²) in [4.78, 5) is 11.7. The molecule has 0 radical (unpaired) electrons. The second-order valence-electron chi connectivity index (χ2n) is 3.86. The molecule has 5 heteroatoms. The number of nitrogens with two attached hydrogens (primary N) is 1. The van der Waals surface area contributed by atoms with Gasteiger partial charge in [0.2, 0.25) is 5.91 Å². The average molecular weight is 364 g/mol. The largest absolute Gasteiger partial charge is 0.329 e. The van der Waals surface area contributed by atoms with E-state index in [4.69, 9.17) is 5.73 Å². The normalized spacial score (nSPS) is 12.2. The molecule has 0 aliphatic rings. The Hall–Kier alpha value is -0.270. The Morgan fingerprint density at radius 2 is 2.29 bits per heavy atom. The summed E-state index contributed by atoms with van der Waals surface area (Å²) in [6.45, 7) is 4.61. The van der Waals surface area contributed by atoms with Crippen LogP contribution in [-0.2, 0) is 4.79 Å². The van der Waals surface area contributed by atoms with E-state index >= 15 is 0 Å². The molecule has 94 valence electrons. The van der Waals surface area contributed by atoms with Crippen LogP contribution in [0.5, 0.6) is 0 Å². The van der Waals surface area contributed by atoms with Gasteiger partial charge < -0.3 is 11.1 Å². The van der Waals surface area contributed by atoms with Crippen LogP contribution in [0.3, 0.4) is 0 Å². The Morgan fingerprint density at radius 3 is 2.88 bits per heavy atom. The zero-order valence-corrected chi connectivity index (χ0v) is 13.0. The highest BCUT2D eigenvalue weighted by atomic mass is 127. The van der Waals surface area contributed by atoms with E-state index in [0.29, 0.717) is 17.5 Å². The Balaban J connectivity index is 2.50. The molecule has 0 aliphatic carbocycles. The van der Waals surface area contributed by atoms with E-state index in [-0.39, 0.29) is 5.91 Å². The van der Waals surface area contributed by atoms with Crippen LogP contribution in [0.15, 0.2) is 18.2 Å². The van der Waals surface area contributed by atoms with Crippen molar-refractivity contribution < 1.29 is 4.79 Å². The van der Waals surface area contributed by atoms with E-state index in [1.165, 1.54) is 3.57 Å². The van der Waals surface area contributed by atoms with E-state index in [2.05, 4.69) is 27.9 Å². The van der Waals surface area contributed by atoms with Crippen molar-refractivity contribution in [2.45, 2.75) is 19.1 Å². The minimum atomic E-state index is 0.0274. The monoisotopic (exact) mass is 364 g/mol. The molecule has 0 saturated heterocycles. The third kappa shape index (κ3) is 5.27. The summed E-state index contributed by atoms with van der Waals surface area (Å²) >= 11 is 3.83. The van der Waals surface area contributed by atoms with Gasteiger partial charge in [0.25, 0.3) is 0 Å². The van der Waals surface area contributed by atoms with Crippen molar-refractivity contribution in [3.05, 3.63) is 27.3 Å². The lowest BCUT2D eigenvalue weighted by Crippen LogP contribution is -2.19. The van der Waals surface area contributed by atoms with Crippen LogP contribution in [0.4, 0.5) is 5.69 Å². The second kappa shape index (κ2) is 7.23. The lowest BCUT2D eigenvalue weighted by Gasteiger charge is -2.10. The number of aryl methyl sites for hydroxylation is 1. The number of hydrogen-bond donors (Lipinski definition) is 2. The molecule has 1 unspecified atom stereocenters. The Labute approximate surface area is 120 Å². The van der Waals surface area contributed by atoms with E-state index in [9.17, 15) is 4.79 Å². The number of rotatable bonds is 5. The van der Waals surface area contributed by atoms with Crippen molar-refractivity contribution in [3.8, 4) is 0 Å². The van der Waals surface area contributed by atoms with Crippen molar-refractivity contribution in [2.75, 3.05) is 17.6 Å². The number of nitrogens with one attached hydrogen (secondary N) is 1. The van der Waals surface area contributed by atoms with Crippen LogP contribution in [0.1, 0.15) is 12.5 Å². The third-order valence-corrected chi connectivity index (χ3v) is 4.15. The summed E-state index contributed by atoms with van der Waals surface area (Å²) in [7, 11) is 0. The highest BCUT2D eigenvalue weighted by molar-refractivity contribution is 14.1. The number of benzene rings is 1. The summed E-state index contributed by atoms with van der Waals surface area (Å²) in [5, 5.41) is 3.23. The van der Waals surface area contributed by atoms with Crippen molar-refractivity contribution in [1.29, 1.82) is 0 Å². The number of carbonyl (C=O) groups excluding carboxylic acids is 1. The smallest absolute Gasteiger partial charge is 0.234 e. The van der Waals surface area contributed by atoms with Gasteiger partial charge in [0.15, 0.2) is 0 Å². The van der Waals surface area contributed by atoms with Crippen molar-refractivity contribution >= 4 is 45.9 Å². The standard InChI is InChI=1S/C12H17IN2OS/c1-8-5-10(13)3-4-11(8)15-12(16)7-17-9(2)6-14/h3-5,9H,6-7,14H2,1-2H3,(H,15,16). The molecule has 17 heavy (non-hydrogen) atoms. The fourth-order valence-electron chi connectivity index (χ4n) is 1.24. The van der Waals surface area contributed by atoms with Gasteiger partial charge in [0, 0.05) is 21.1 Å². The molecule has 0 saturated carbocycles. The van der Waals surface area contributed by atoms with Crippen LogP contribution in [0.25, 0.3) is 0 Å². The zero-order chi connectivity index (χ0) is 12.8. The Kier molecular flexibility index (Phi) is 6.29. The minimum Gasteiger partial charge on any atom is -0.329 e. The molecule has 1 atom stereocenters. The first-order valence-corrected chi connectivity index (χ1v) is 7.53. The van der Waals surface area contributed by atoms with Crippen molar-refractivity contribution in [1.82, 2.24) is 0 Å². The fraction of sp³-hybridized carbons (Fsp3) is 0.417. The summed E-state index contributed by atoms with van der Waals surface area (Å²) in [5.74, 6) is 0.476. The molecule has 0 bridgehead atoms. The lowest BCUT2D eigenvalue weighted by atomic mass is 10.2. The van der Waals surface area contributed by atoms with Crippen molar-refractivity contribution in [2.24, 2.45) is 5.73 Å². The van der Waals surface area contributed by atoms with Gasteiger partial charge in [-0.3, -0.25) is 4.79 Å². The third-order valence-electron chi connectivity index (χ3n) is 2.29. The maximum Gasteiger partial charge on any atom is 0.234 e. The summed E-state index contributed by atoms with van der Waals surface area (Å²) in [6.07, 6.45) is 0.